The van der Waals surface area contributed by atoms with Gasteiger partial charge in [0.25, 0.3) is 5.91 Å². The van der Waals surface area contributed by atoms with Gasteiger partial charge in [0.05, 0.1) is 19.3 Å². The first kappa shape index (κ1) is 12.1. The minimum atomic E-state index is -0.274. The van der Waals surface area contributed by atoms with Gasteiger partial charge >= 0.3 is 0 Å². The molecule has 4 heteroatoms. The minimum absolute atomic E-state index is 0.0821. The lowest BCUT2D eigenvalue weighted by Crippen LogP contribution is -2.51. The number of anilines is 1. The Morgan fingerprint density at radius 3 is 2.71 bits per heavy atom. The second-order valence-corrected chi connectivity index (χ2v) is 4.14. The molecule has 1 heterocycles. The van der Waals surface area contributed by atoms with E-state index in [0.29, 0.717) is 6.61 Å². The minimum Gasteiger partial charge on any atom is -0.394 e. The summed E-state index contributed by atoms with van der Waals surface area (Å²) < 4.78 is 5.13. The van der Waals surface area contributed by atoms with Crippen molar-refractivity contribution in [3.8, 4) is 0 Å². The van der Waals surface area contributed by atoms with Crippen molar-refractivity contribution in [1.82, 2.24) is 0 Å². The molecule has 0 spiro atoms. The summed E-state index contributed by atoms with van der Waals surface area (Å²) in [5.41, 5.74) is 2.06. The average Bonchev–Trinajstić information content (AvgIpc) is 2.38. The van der Waals surface area contributed by atoms with Crippen LogP contribution in [-0.2, 0) is 16.0 Å². The van der Waals surface area contributed by atoms with Crippen LogP contribution in [0.15, 0.2) is 24.3 Å². The third-order valence-electron chi connectivity index (χ3n) is 3.00. The molecule has 1 fully saturated rings. The summed E-state index contributed by atoms with van der Waals surface area (Å²) in [4.78, 5) is 13.4. The first-order valence-corrected chi connectivity index (χ1v) is 5.86. The van der Waals surface area contributed by atoms with Gasteiger partial charge in [0.2, 0.25) is 0 Å². The van der Waals surface area contributed by atoms with Gasteiger partial charge in [-0.15, -0.1) is 0 Å². The molecule has 1 N–H and O–H groups in total. The molecular formula is C13H17NO3. The summed E-state index contributed by atoms with van der Waals surface area (Å²) >= 11 is 0. The molecule has 1 aromatic carbocycles. The summed E-state index contributed by atoms with van der Waals surface area (Å²) in [6, 6.07) is 7.58. The Bertz CT molecular complexity index is 388. The highest BCUT2D eigenvalue weighted by Crippen LogP contribution is 2.21. The van der Waals surface area contributed by atoms with Gasteiger partial charge in [-0.3, -0.25) is 4.79 Å². The lowest BCUT2D eigenvalue weighted by molar-refractivity contribution is -0.128. The number of benzene rings is 1. The maximum absolute atomic E-state index is 11.8. The highest BCUT2D eigenvalue weighted by Gasteiger charge is 2.29. The zero-order chi connectivity index (χ0) is 12.3. The van der Waals surface area contributed by atoms with Gasteiger partial charge in [-0.05, 0) is 24.1 Å². The third-order valence-corrected chi connectivity index (χ3v) is 3.00. The number of rotatable bonds is 3. The standard InChI is InChI=1S/C13H17NO3/c1-2-10-3-5-11(6-4-10)14-12(7-15)8-17-9-13(14)16/h3-6,12,15H,2,7-9H2,1H3. The molecule has 0 bridgehead atoms. The van der Waals surface area contributed by atoms with Crippen LogP contribution >= 0.6 is 0 Å². The van der Waals surface area contributed by atoms with Crippen molar-refractivity contribution in [2.24, 2.45) is 0 Å². The largest absolute Gasteiger partial charge is 0.394 e. The topological polar surface area (TPSA) is 49.8 Å². The van der Waals surface area contributed by atoms with Crippen LogP contribution in [0.1, 0.15) is 12.5 Å². The Hall–Kier alpha value is -1.39. The Morgan fingerprint density at radius 2 is 2.12 bits per heavy atom. The van der Waals surface area contributed by atoms with Crippen molar-refractivity contribution in [3.63, 3.8) is 0 Å². The van der Waals surface area contributed by atoms with Crippen molar-refractivity contribution in [1.29, 1.82) is 0 Å². The van der Waals surface area contributed by atoms with Crippen molar-refractivity contribution in [2.45, 2.75) is 19.4 Å². The number of aryl methyl sites for hydroxylation is 1. The van der Waals surface area contributed by atoms with Crippen molar-refractivity contribution < 1.29 is 14.6 Å². The summed E-state index contributed by atoms with van der Waals surface area (Å²) in [5.74, 6) is -0.0976. The van der Waals surface area contributed by atoms with Gasteiger partial charge in [-0.25, -0.2) is 0 Å². The molecule has 92 valence electrons. The monoisotopic (exact) mass is 235 g/mol. The number of morpholine rings is 1. The van der Waals surface area contributed by atoms with Crippen molar-refractivity contribution in [3.05, 3.63) is 29.8 Å². The number of nitrogens with zero attached hydrogens (tertiary/aromatic N) is 1. The number of aliphatic hydroxyl groups excluding tert-OH is 1. The number of hydrogen-bond acceptors (Lipinski definition) is 3. The summed E-state index contributed by atoms with van der Waals surface area (Å²) in [6.45, 7) is 2.48. The van der Waals surface area contributed by atoms with Crippen LogP contribution in [0, 0.1) is 0 Å². The number of hydrogen-bond donors (Lipinski definition) is 1. The SMILES string of the molecule is CCc1ccc(N2C(=O)COCC2CO)cc1. The van der Waals surface area contributed by atoms with Crippen LogP contribution in [-0.4, -0.2) is 36.9 Å². The fourth-order valence-corrected chi connectivity index (χ4v) is 2.01. The summed E-state index contributed by atoms with van der Waals surface area (Å²) in [7, 11) is 0. The maximum Gasteiger partial charge on any atom is 0.253 e. The van der Waals surface area contributed by atoms with Gasteiger partial charge < -0.3 is 14.7 Å². The first-order chi connectivity index (χ1) is 8.26. The van der Waals surface area contributed by atoms with E-state index in [1.807, 2.05) is 24.3 Å². The van der Waals surface area contributed by atoms with E-state index in [0.717, 1.165) is 12.1 Å². The van der Waals surface area contributed by atoms with Crippen LogP contribution in [0.25, 0.3) is 0 Å². The summed E-state index contributed by atoms with van der Waals surface area (Å²) in [5, 5.41) is 9.27. The van der Waals surface area contributed by atoms with Gasteiger partial charge in [-0.2, -0.15) is 0 Å². The molecule has 1 saturated heterocycles. The molecule has 0 aromatic heterocycles. The number of carbonyl (C=O) groups excluding carboxylic acids is 1. The Balaban J connectivity index is 2.25. The number of amides is 1. The molecule has 1 unspecified atom stereocenters. The van der Waals surface area contributed by atoms with Crippen LogP contribution < -0.4 is 4.90 Å². The second-order valence-electron chi connectivity index (χ2n) is 4.14. The smallest absolute Gasteiger partial charge is 0.253 e. The normalized spacial score (nSPS) is 20.7. The van der Waals surface area contributed by atoms with E-state index in [1.54, 1.807) is 4.90 Å². The first-order valence-electron chi connectivity index (χ1n) is 5.86. The zero-order valence-electron chi connectivity index (χ0n) is 9.93. The fraction of sp³-hybridized carbons (Fsp3) is 0.462. The predicted molar refractivity (Wildman–Crippen MR) is 65.0 cm³/mol. The molecule has 1 atom stereocenters. The molecule has 1 aliphatic rings. The molecular weight excluding hydrogens is 218 g/mol. The molecule has 1 aromatic rings. The highest BCUT2D eigenvalue weighted by atomic mass is 16.5. The van der Waals surface area contributed by atoms with Crippen LogP contribution in [0.2, 0.25) is 0 Å². The summed E-state index contributed by atoms with van der Waals surface area (Å²) in [6.07, 6.45) is 0.973. The molecule has 1 aliphatic heterocycles. The van der Waals surface area contributed by atoms with E-state index >= 15 is 0 Å². The average molecular weight is 235 g/mol. The van der Waals surface area contributed by atoms with Crippen LogP contribution in [0.5, 0.6) is 0 Å². The molecule has 0 aliphatic carbocycles. The molecule has 0 radical (unpaired) electrons. The Kier molecular flexibility index (Phi) is 3.76. The number of ether oxygens (including phenoxy) is 1. The molecule has 2 rings (SSSR count). The Labute approximate surface area is 101 Å². The fourth-order valence-electron chi connectivity index (χ4n) is 2.01. The van der Waals surface area contributed by atoms with E-state index in [9.17, 15) is 9.90 Å². The van der Waals surface area contributed by atoms with E-state index in [4.69, 9.17) is 4.74 Å². The second kappa shape index (κ2) is 5.29. The number of aliphatic hydroxyl groups is 1. The number of carbonyl (C=O) groups is 1. The van der Waals surface area contributed by atoms with E-state index in [-0.39, 0.29) is 25.2 Å². The van der Waals surface area contributed by atoms with Crippen molar-refractivity contribution in [2.75, 3.05) is 24.7 Å². The maximum atomic E-state index is 11.8. The highest BCUT2D eigenvalue weighted by molar-refractivity contribution is 5.95. The molecule has 1 amide bonds. The predicted octanol–water partition coefficient (Wildman–Crippen LogP) is 0.973. The molecule has 0 saturated carbocycles. The molecule has 17 heavy (non-hydrogen) atoms. The van der Waals surface area contributed by atoms with Gasteiger partial charge in [-0.1, -0.05) is 19.1 Å². The quantitative estimate of drug-likeness (QED) is 0.849. The third kappa shape index (κ3) is 2.48. The lowest BCUT2D eigenvalue weighted by atomic mass is 10.1. The van der Waals surface area contributed by atoms with Crippen LogP contribution in [0.3, 0.4) is 0 Å². The van der Waals surface area contributed by atoms with Gasteiger partial charge in [0.15, 0.2) is 0 Å². The van der Waals surface area contributed by atoms with Gasteiger partial charge in [0.1, 0.15) is 6.61 Å². The van der Waals surface area contributed by atoms with Crippen LogP contribution in [0.4, 0.5) is 5.69 Å². The lowest BCUT2D eigenvalue weighted by Gasteiger charge is -2.34. The van der Waals surface area contributed by atoms with Crippen molar-refractivity contribution >= 4 is 11.6 Å². The van der Waals surface area contributed by atoms with E-state index < -0.39 is 0 Å². The van der Waals surface area contributed by atoms with E-state index in [2.05, 4.69) is 6.92 Å². The molecule has 4 nitrogen and oxygen atoms in total. The van der Waals surface area contributed by atoms with E-state index in [1.165, 1.54) is 5.56 Å². The van der Waals surface area contributed by atoms with Gasteiger partial charge in [0, 0.05) is 5.69 Å². The zero-order valence-corrected chi connectivity index (χ0v) is 9.93. The Morgan fingerprint density at radius 1 is 1.41 bits per heavy atom.